The Hall–Kier alpha value is -4.31. The van der Waals surface area contributed by atoms with Gasteiger partial charge in [-0.05, 0) is 36.8 Å². The Kier molecular flexibility index (Phi) is 5.80. The summed E-state index contributed by atoms with van der Waals surface area (Å²) in [5.41, 5.74) is 3.62. The fourth-order valence-electron chi connectivity index (χ4n) is 3.97. The highest BCUT2D eigenvalue weighted by Gasteiger charge is 2.18. The van der Waals surface area contributed by atoms with Crippen LogP contribution in [0.1, 0.15) is 23.7 Å². The first-order valence-corrected chi connectivity index (χ1v) is 12.2. The number of furan rings is 1. The Labute approximate surface area is 213 Å². The summed E-state index contributed by atoms with van der Waals surface area (Å²) in [6, 6.07) is 16.2. The fraction of sp³-hybridized carbons (Fsp3) is 0.148. The molecule has 0 spiro atoms. The number of ether oxygens (including phenoxy) is 2. The normalized spacial score (nSPS) is 12.3. The molecule has 6 rings (SSSR count). The van der Waals surface area contributed by atoms with E-state index in [0.29, 0.717) is 44.2 Å². The minimum absolute atomic E-state index is 0.284. The molecule has 186 valence electrons. The number of nitrogens with zero attached hydrogens (tertiary/aromatic N) is 4. The number of pyridine rings is 1. The molecule has 0 saturated carbocycles. The number of hydrogen-bond donors (Lipinski definition) is 0. The molecule has 1 atom stereocenters. The van der Waals surface area contributed by atoms with Gasteiger partial charge in [-0.15, -0.1) is 0 Å². The van der Waals surface area contributed by atoms with Crippen LogP contribution < -0.4 is 9.47 Å². The second kappa shape index (κ2) is 9.29. The largest absolute Gasteiger partial charge is 0.496 e. The molecule has 0 radical (unpaired) electrons. The first-order valence-electron chi connectivity index (χ1n) is 11.4. The molecular weight excluding hydrogens is 498 g/mol. The van der Waals surface area contributed by atoms with Crippen LogP contribution in [0.4, 0.5) is 8.78 Å². The number of rotatable bonds is 7. The van der Waals surface area contributed by atoms with E-state index in [4.69, 9.17) is 13.9 Å². The lowest BCUT2D eigenvalue weighted by atomic mass is 10.1. The lowest BCUT2D eigenvalue weighted by Gasteiger charge is -2.10. The minimum Gasteiger partial charge on any atom is -0.496 e. The maximum atomic E-state index is 13.6. The molecule has 10 heteroatoms. The third kappa shape index (κ3) is 4.51. The molecule has 0 aliphatic heterocycles. The lowest BCUT2D eigenvalue weighted by molar-refractivity contribution is 0.307. The van der Waals surface area contributed by atoms with Crippen molar-refractivity contribution in [2.75, 3.05) is 7.11 Å². The predicted molar refractivity (Wildman–Crippen MR) is 136 cm³/mol. The van der Waals surface area contributed by atoms with E-state index in [1.807, 2.05) is 30.3 Å². The van der Waals surface area contributed by atoms with E-state index >= 15 is 0 Å². The molecule has 0 fully saturated rings. The van der Waals surface area contributed by atoms with E-state index in [1.54, 1.807) is 36.0 Å². The van der Waals surface area contributed by atoms with Crippen molar-refractivity contribution < 1.29 is 22.7 Å². The zero-order valence-electron chi connectivity index (χ0n) is 19.8. The maximum Gasteiger partial charge on any atom is 0.212 e. The van der Waals surface area contributed by atoms with Crippen LogP contribution in [0.5, 0.6) is 11.5 Å². The van der Waals surface area contributed by atoms with Gasteiger partial charge in [0.1, 0.15) is 35.2 Å². The summed E-state index contributed by atoms with van der Waals surface area (Å²) >= 11 is 1.20. The van der Waals surface area contributed by atoms with Crippen LogP contribution in [0.15, 0.2) is 71.4 Å². The summed E-state index contributed by atoms with van der Waals surface area (Å²) in [6.07, 6.45) is 1.76. The third-order valence-electron chi connectivity index (χ3n) is 5.80. The van der Waals surface area contributed by atoms with Crippen molar-refractivity contribution in [1.82, 2.24) is 19.6 Å². The summed E-state index contributed by atoms with van der Waals surface area (Å²) in [6.45, 7) is 1.73. The van der Waals surface area contributed by atoms with Crippen LogP contribution in [0.25, 0.3) is 38.6 Å². The highest BCUT2D eigenvalue weighted by Crippen LogP contribution is 2.37. The van der Waals surface area contributed by atoms with Crippen molar-refractivity contribution in [3.63, 3.8) is 0 Å². The predicted octanol–water partition coefficient (Wildman–Crippen LogP) is 7.02. The zero-order chi connectivity index (χ0) is 25.5. The van der Waals surface area contributed by atoms with Gasteiger partial charge in [0.05, 0.1) is 30.6 Å². The molecule has 1 unspecified atom stereocenters. The summed E-state index contributed by atoms with van der Waals surface area (Å²) in [4.78, 5) is 9.28. The molecule has 0 N–H and O–H groups in total. The molecule has 4 heterocycles. The van der Waals surface area contributed by atoms with Crippen LogP contribution in [0, 0.1) is 5.82 Å². The van der Waals surface area contributed by atoms with E-state index in [9.17, 15) is 8.78 Å². The maximum absolute atomic E-state index is 13.6. The monoisotopic (exact) mass is 518 g/mol. The van der Waals surface area contributed by atoms with E-state index in [1.165, 1.54) is 30.5 Å². The van der Waals surface area contributed by atoms with Crippen molar-refractivity contribution in [3.8, 4) is 34.2 Å². The Balaban J connectivity index is 1.30. The standard InChI is InChI=1S/C27H20F2N4O3S/c1-15(28)26-32-33-13-22(31-27(33)37-26)25-11-20-23(9-19(34-2)10-24(20)36-25)35-14-16-4-3-5-17(8-16)21-7-6-18(29)12-30-21/h3-13,15H,14H2,1-2H3. The number of hydrogen-bond acceptors (Lipinski definition) is 7. The van der Waals surface area contributed by atoms with Gasteiger partial charge in [-0.3, -0.25) is 4.98 Å². The van der Waals surface area contributed by atoms with Crippen molar-refractivity contribution in [3.05, 3.63) is 83.4 Å². The van der Waals surface area contributed by atoms with Gasteiger partial charge in [0.2, 0.25) is 4.96 Å². The fourth-order valence-corrected chi connectivity index (χ4v) is 4.78. The van der Waals surface area contributed by atoms with Gasteiger partial charge in [0.25, 0.3) is 0 Å². The molecule has 0 aliphatic rings. The average Bonchev–Trinajstić information content (AvgIpc) is 3.61. The van der Waals surface area contributed by atoms with Gasteiger partial charge < -0.3 is 13.9 Å². The minimum atomic E-state index is -1.15. The molecular formula is C27H20F2N4O3S. The molecule has 0 bridgehead atoms. The van der Waals surface area contributed by atoms with Crippen molar-refractivity contribution >= 4 is 27.3 Å². The van der Waals surface area contributed by atoms with E-state index in [0.717, 1.165) is 16.5 Å². The Morgan fingerprint density at radius 2 is 2.00 bits per heavy atom. The van der Waals surface area contributed by atoms with Crippen LogP contribution in [-0.2, 0) is 6.61 Å². The van der Waals surface area contributed by atoms with E-state index in [-0.39, 0.29) is 12.4 Å². The summed E-state index contributed by atoms with van der Waals surface area (Å²) in [5.74, 6) is 1.32. The Morgan fingerprint density at radius 1 is 1.11 bits per heavy atom. The van der Waals surface area contributed by atoms with Gasteiger partial charge in [-0.25, -0.2) is 18.3 Å². The van der Waals surface area contributed by atoms with Crippen molar-refractivity contribution in [2.24, 2.45) is 0 Å². The van der Waals surface area contributed by atoms with Crippen molar-refractivity contribution in [2.45, 2.75) is 19.7 Å². The van der Waals surface area contributed by atoms with Crippen LogP contribution in [0.3, 0.4) is 0 Å². The van der Waals surface area contributed by atoms with Crippen LogP contribution in [0.2, 0.25) is 0 Å². The van der Waals surface area contributed by atoms with Gasteiger partial charge in [-0.2, -0.15) is 5.10 Å². The molecule has 4 aromatic heterocycles. The molecule has 37 heavy (non-hydrogen) atoms. The molecule has 2 aromatic carbocycles. The second-order valence-corrected chi connectivity index (χ2v) is 9.40. The highest BCUT2D eigenvalue weighted by molar-refractivity contribution is 7.16. The number of halogens is 2. The first kappa shape index (κ1) is 23.1. The Bertz CT molecular complexity index is 1690. The number of fused-ring (bicyclic) bond motifs is 2. The quantitative estimate of drug-likeness (QED) is 0.226. The molecule has 0 aliphatic carbocycles. The molecule has 6 aromatic rings. The van der Waals surface area contributed by atoms with E-state index in [2.05, 4.69) is 15.1 Å². The van der Waals surface area contributed by atoms with E-state index < -0.39 is 6.17 Å². The van der Waals surface area contributed by atoms with Gasteiger partial charge >= 0.3 is 0 Å². The average molecular weight is 519 g/mol. The highest BCUT2D eigenvalue weighted by atomic mass is 32.1. The number of imidazole rings is 1. The summed E-state index contributed by atoms with van der Waals surface area (Å²) in [7, 11) is 1.58. The van der Waals surface area contributed by atoms with Gasteiger partial charge in [0.15, 0.2) is 16.9 Å². The van der Waals surface area contributed by atoms with Crippen molar-refractivity contribution in [1.29, 1.82) is 0 Å². The summed E-state index contributed by atoms with van der Waals surface area (Å²) < 4.78 is 46.1. The van der Waals surface area contributed by atoms with Gasteiger partial charge in [-0.1, -0.05) is 29.5 Å². The Morgan fingerprint density at radius 3 is 2.76 bits per heavy atom. The number of aromatic nitrogens is 4. The zero-order valence-corrected chi connectivity index (χ0v) is 20.6. The molecule has 0 saturated heterocycles. The summed E-state index contributed by atoms with van der Waals surface area (Å²) in [5, 5.41) is 5.37. The first-order chi connectivity index (χ1) is 18.0. The van der Waals surface area contributed by atoms with Crippen LogP contribution in [-0.4, -0.2) is 26.7 Å². The lowest BCUT2D eigenvalue weighted by Crippen LogP contribution is -1.97. The van der Waals surface area contributed by atoms with Gasteiger partial charge in [0, 0.05) is 17.7 Å². The topological polar surface area (TPSA) is 74.7 Å². The third-order valence-corrected chi connectivity index (χ3v) is 6.88. The molecule has 7 nitrogen and oxygen atoms in total. The van der Waals surface area contributed by atoms with Crippen LogP contribution >= 0.6 is 11.3 Å². The number of benzene rings is 2. The molecule has 0 amide bonds. The number of methoxy groups -OCH3 is 1. The second-order valence-electron chi connectivity index (χ2n) is 8.41. The smallest absolute Gasteiger partial charge is 0.212 e. The number of alkyl halides is 1. The SMILES string of the molecule is COc1cc(OCc2cccc(-c3ccc(F)cn3)c2)c2cc(-c3cn4nc(C(C)F)sc4n3)oc2c1.